The van der Waals surface area contributed by atoms with E-state index in [4.69, 9.17) is 0 Å². The van der Waals surface area contributed by atoms with Crippen LogP contribution in [-0.4, -0.2) is 64.2 Å². The Hall–Kier alpha value is -2.65. The number of hydrogen-bond donors (Lipinski definition) is 1. The summed E-state index contributed by atoms with van der Waals surface area (Å²) in [5.41, 5.74) is 3.60. The summed E-state index contributed by atoms with van der Waals surface area (Å²) in [5.74, 6) is -0.605. The fraction of sp³-hybridized carbons (Fsp3) is 0.480. The number of halogens is 1. The summed E-state index contributed by atoms with van der Waals surface area (Å²) in [7, 11) is -3.39. The SMILES string of the molecule is CCN1CCN(c2ccc(F)cc2C(C)NC(=O)c2ccc3c(c2)CC(C)N3S(C)(=O)=O)CC1. The van der Waals surface area contributed by atoms with Crippen LogP contribution in [0.4, 0.5) is 15.8 Å². The monoisotopic (exact) mass is 488 g/mol. The summed E-state index contributed by atoms with van der Waals surface area (Å²) >= 11 is 0. The van der Waals surface area contributed by atoms with Gasteiger partial charge < -0.3 is 15.1 Å². The molecule has 2 aliphatic rings. The summed E-state index contributed by atoms with van der Waals surface area (Å²) in [6.45, 7) is 10.5. The lowest BCUT2D eigenvalue weighted by molar-refractivity contribution is 0.0939. The first-order valence-corrected chi connectivity index (χ1v) is 13.6. The Morgan fingerprint density at radius 1 is 1.12 bits per heavy atom. The average Bonchev–Trinajstić information content (AvgIpc) is 3.14. The van der Waals surface area contributed by atoms with Crippen molar-refractivity contribution in [2.45, 2.75) is 39.3 Å². The second kappa shape index (κ2) is 9.54. The Balaban J connectivity index is 1.53. The quantitative estimate of drug-likeness (QED) is 0.676. The highest BCUT2D eigenvalue weighted by Crippen LogP contribution is 2.35. The predicted molar refractivity (Wildman–Crippen MR) is 134 cm³/mol. The van der Waals surface area contributed by atoms with E-state index in [9.17, 15) is 17.6 Å². The van der Waals surface area contributed by atoms with Gasteiger partial charge in [0.1, 0.15) is 5.82 Å². The lowest BCUT2D eigenvalue weighted by atomic mass is 10.0. The van der Waals surface area contributed by atoms with Crippen LogP contribution in [-0.2, 0) is 16.4 Å². The van der Waals surface area contributed by atoms with Gasteiger partial charge in [-0.05, 0) is 68.8 Å². The molecule has 34 heavy (non-hydrogen) atoms. The van der Waals surface area contributed by atoms with Gasteiger partial charge in [0.05, 0.1) is 18.0 Å². The molecule has 0 aliphatic carbocycles. The van der Waals surface area contributed by atoms with Gasteiger partial charge in [0.25, 0.3) is 5.91 Å². The Kier molecular flexibility index (Phi) is 6.87. The molecule has 0 spiro atoms. The third kappa shape index (κ3) is 4.90. The van der Waals surface area contributed by atoms with Crippen molar-refractivity contribution in [1.82, 2.24) is 10.2 Å². The number of piperazine rings is 1. The van der Waals surface area contributed by atoms with Gasteiger partial charge in [-0.2, -0.15) is 0 Å². The van der Waals surface area contributed by atoms with Crippen LogP contribution in [0.3, 0.4) is 0 Å². The molecule has 4 rings (SSSR count). The molecule has 1 amide bonds. The second-order valence-electron chi connectivity index (χ2n) is 9.28. The van der Waals surface area contributed by atoms with Crippen molar-refractivity contribution in [3.05, 3.63) is 58.9 Å². The van der Waals surface area contributed by atoms with Gasteiger partial charge >= 0.3 is 0 Å². The molecule has 9 heteroatoms. The zero-order valence-electron chi connectivity index (χ0n) is 20.2. The number of rotatable bonds is 6. The fourth-order valence-electron chi connectivity index (χ4n) is 5.07. The van der Waals surface area contributed by atoms with Crippen LogP contribution in [0.15, 0.2) is 36.4 Å². The van der Waals surface area contributed by atoms with E-state index in [2.05, 4.69) is 22.0 Å². The van der Waals surface area contributed by atoms with Crippen molar-refractivity contribution in [2.24, 2.45) is 0 Å². The van der Waals surface area contributed by atoms with Crippen molar-refractivity contribution >= 4 is 27.3 Å². The molecule has 0 aromatic heterocycles. The maximum atomic E-state index is 14.2. The van der Waals surface area contributed by atoms with Crippen molar-refractivity contribution in [1.29, 1.82) is 0 Å². The van der Waals surface area contributed by atoms with Crippen LogP contribution >= 0.6 is 0 Å². The summed E-state index contributed by atoms with van der Waals surface area (Å²) < 4.78 is 39.9. The number of nitrogens with one attached hydrogen (secondary N) is 1. The van der Waals surface area contributed by atoms with E-state index in [1.807, 2.05) is 13.8 Å². The van der Waals surface area contributed by atoms with Crippen LogP contribution in [0.1, 0.15) is 48.3 Å². The van der Waals surface area contributed by atoms with Gasteiger partial charge in [0, 0.05) is 49.0 Å². The van der Waals surface area contributed by atoms with Crippen LogP contribution in [0.5, 0.6) is 0 Å². The molecule has 1 N–H and O–H groups in total. The van der Waals surface area contributed by atoms with Gasteiger partial charge in [0.15, 0.2) is 0 Å². The number of likely N-dealkylation sites (N-methyl/N-ethyl adjacent to an activating group) is 1. The minimum Gasteiger partial charge on any atom is -0.369 e. The fourth-order valence-corrected chi connectivity index (χ4v) is 6.34. The molecule has 0 radical (unpaired) electrons. The maximum Gasteiger partial charge on any atom is 0.251 e. The Morgan fingerprint density at radius 3 is 2.44 bits per heavy atom. The van der Waals surface area contributed by atoms with Gasteiger partial charge in [-0.3, -0.25) is 9.10 Å². The first-order chi connectivity index (χ1) is 16.1. The van der Waals surface area contributed by atoms with E-state index in [-0.39, 0.29) is 17.8 Å². The van der Waals surface area contributed by atoms with Gasteiger partial charge in [-0.25, -0.2) is 12.8 Å². The number of anilines is 2. The number of sulfonamides is 1. The minimum atomic E-state index is -3.39. The zero-order valence-corrected chi connectivity index (χ0v) is 21.0. The average molecular weight is 489 g/mol. The van der Waals surface area contributed by atoms with E-state index in [0.29, 0.717) is 17.7 Å². The molecular weight excluding hydrogens is 455 g/mol. The molecule has 1 fully saturated rings. The van der Waals surface area contributed by atoms with E-state index in [1.54, 1.807) is 24.3 Å². The Bertz CT molecular complexity index is 1180. The van der Waals surface area contributed by atoms with Crippen molar-refractivity contribution < 1.29 is 17.6 Å². The highest BCUT2D eigenvalue weighted by molar-refractivity contribution is 7.92. The van der Waals surface area contributed by atoms with E-state index in [1.165, 1.54) is 22.7 Å². The molecule has 2 unspecified atom stereocenters. The van der Waals surface area contributed by atoms with Crippen LogP contribution in [0.2, 0.25) is 0 Å². The molecule has 1 saturated heterocycles. The summed E-state index contributed by atoms with van der Waals surface area (Å²) in [4.78, 5) is 17.7. The molecule has 2 aliphatic heterocycles. The number of carbonyl (C=O) groups is 1. The third-order valence-electron chi connectivity index (χ3n) is 6.82. The van der Waals surface area contributed by atoms with Gasteiger partial charge in [0.2, 0.25) is 10.0 Å². The largest absolute Gasteiger partial charge is 0.369 e. The molecule has 7 nitrogen and oxygen atoms in total. The van der Waals surface area contributed by atoms with E-state index in [0.717, 1.165) is 49.5 Å². The molecular formula is C25H33FN4O3S. The number of hydrogen-bond acceptors (Lipinski definition) is 5. The van der Waals surface area contributed by atoms with Crippen molar-refractivity contribution in [2.75, 3.05) is 48.2 Å². The molecule has 0 bridgehead atoms. The Morgan fingerprint density at radius 2 is 1.79 bits per heavy atom. The molecule has 2 aromatic rings. The number of amides is 1. The molecule has 2 aromatic carbocycles. The maximum absolute atomic E-state index is 14.2. The normalized spacial score (nSPS) is 19.7. The summed E-state index contributed by atoms with van der Waals surface area (Å²) in [6, 6.07) is 9.28. The van der Waals surface area contributed by atoms with Crippen LogP contribution in [0.25, 0.3) is 0 Å². The number of benzene rings is 2. The molecule has 184 valence electrons. The predicted octanol–water partition coefficient (Wildman–Crippen LogP) is 3.17. The highest BCUT2D eigenvalue weighted by atomic mass is 32.2. The summed E-state index contributed by atoms with van der Waals surface area (Å²) in [6.07, 6.45) is 1.75. The molecule has 2 heterocycles. The van der Waals surface area contributed by atoms with Crippen molar-refractivity contribution in [3.8, 4) is 0 Å². The zero-order chi connectivity index (χ0) is 24.6. The number of carbonyl (C=O) groups excluding carboxylic acids is 1. The second-order valence-corrected chi connectivity index (χ2v) is 11.1. The highest BCUT2D eigenvalue weighted by Gasteiger charge is 2.33. The number of nitrogens with zero attached hydrogens (tertiary/aromatic N) is 3. The van der Waals surface area contributed by atoms with Gasteiger partial charge in [-0.15, -0.1) is 0 Å². The lowest BCUT2D eigenvalue weighted by Crippen LogP contribution is -2.46. The van der Waals surface area contributed by atoms with E-state index < -0.39 is 16.1 Å². The van der Waals surface area contributed by atoms with Gasteiger partial charge in [-0.1, -0.05) is 6.92 Å². The van der Waals surface area contributed by atoms with Crippen LogP contribution < -0.4 is 14.5 Å². The molecule has 0 saturated carbocycles. The standard InChI is InChI=1S/C25H33FN4O3S/c1-5-28-10-12-29(13-11-28)24-9-7-21(26)16-22(24)18(3)27-25(31)19-6-8-23-20(15-19)14-17(2)30(23)34(4,32)33/h6-9,15-18H,5,10-14H2,1-4H3,(H,27,31). The minimum absolute atomic E-state index is 0.190. The van der Waals surface area contributed by atoms with Crippen LogP contribution in [0, 0.1) is 5.82 Å². The smallest absolute Gasteiger partial charge is 0.251 e. The first kappa shape index (κ1) is 24.5. The first-order valence-electron chi connectivity index (χ1n) is 11.8. The van der Waals surface area contributed by atoms with Crippen molar-refractivity contribution in [3.63, 3.8) is 0 Å². The lowest BCUT2D eigenvalue weighted by Gasteiger charge is -2.37. The Labute approximate surface area is 201 Å². The topological polar surface area (TPSA) is 73.0 Å². The number of fused-ring (bicyclic) bond motifs is 1. The van der Waals surface area contributed by atoms with E-state index >= 15 is 0 Å². The summed E-state index contributed by atoms with van der Waals surface area (Å²) in [5, 5.41) is 3.01. The molecule has 2 atom stereocenters. The third-order valence-corrected chi connectivity index (χ3v) is 8.09.